The molecule has 0 aliphatic rings. The first-order valence-electron chi connectivity index (χ1n) is 5.86. The number of nitrogens with zero attached hydrogens (tertiary/aromatic N) is 1. The zero-order chi connectivity index (χ0) is 13.7. The molecule has 0 spiro atoms. The van der Waals surface area contributed by atoms with E-state index in [9.17, 15) is 8.78 Å². The van der Waals surface area contributed by atoms with Crippen LogP contribution in [-0.2, 0) is 6.54 Å². The van der Waals surface area contributed by atoms with Crippen LogP contribution in [0, 0.1) is 11.6 Å². The van der Waals surface area contributed by atoms with Gasteiger partial charge >= 0.3 is 0 Å². The Morgan fingerprint density at radius 1 is 1.39 bits per heavy atom. The van der Waals surface area contributed by atoms with Gasteiger partial charge in [-0.15, -0.1) is 0 Å². The number of rotatable bonds is 6. The summed E-state index contributed by atoms with van der Waals surface area (Å²) >= 11 is 4.84. The van der Waals surface area contributed by atoms with Crippen molar-refractivity contribution in [2.24, 2.45) is 5.73 Å². The van der Waals surface area contributed by atoms with Crippen LogP contribution in [0.5, 0.6) is 0 Å². The van der Waals surface area contributed by atoms with E-state index in [1.165, 1.54) is 12.1 Å². The molecule has 2 nitrogen and oxygen atoms in total. The van der Waals surface area contributed by atoms with E-state index in [4.69, 9.17) is 18.0 Å². The van der Waals surface area contributed by atoms with Crippen molar-refractivity contribution >= 4 is 17.2 Å². The highest BCUT2D eigenvalue weighted by molar-refractivity contribution is 7.80. The first-order chi connectivity index (χ1) is 8.40. The van der Waals surface area contributed by atoms with Crippen molar-refractivity contribution in [2.45, 2.75) is 32.9 Å². The maximum atomic E-state index is 13.6. The Bertz CT molecular complexity index is 421. The second-order valence-electron chi connectivity index (χ2n) is 4.52. The van der Waals surface area contributed by atoms with Crippen LogP contribution in [0.1, 0.15) is 25.8 Å². The molecular formula is C13H18F2N2S. The quantitative estimate of drug-likeness (QED) is 0.807. The van der Waals surface area contributed by atoms with E-state index in [1.54, 1.807) is 0 Å². The minimum Gasteiger partial charge on any atom is -0.393 e. The number of halogens is 2. The Labute approximate surface area is 112 Å². The van der Waals surface area contributed by atoms with Crippen LogP contribution < -0.4 is 5.73 Å². The first kappa shape index (κ1) is 15.0. The summed E-state index contributed by atoms with van der Waals surface area (Å²) in [5.74, 6) is -1.08. The topological polar surface area (TPSA) is 29.3 Å². The monoisotopic (exact) mass is 272 g/mol. The van der Waals surface area contributed by atoms with Crippen molar-refractivity contribution in [1.82, 2.24) is 4.90 Å². The fourth-order valence-electron chi connectivity index (χ4n) is 1.64. The number of hydrogen-bond donors (Lipinski definition) is 1. The molecule has 0 aliphatic heterocycles. The summed E-state index contributed by atoms with van der Waals surface area (Å²) in [6, 6.07) is 3.89. The fraction of sp³-hybridized carbons (Fsp3) is 0.462. The van der Waals surface area contributed by atoms with E-state index in [-0.39, 0.29) is 6.04 Å². The molecule has 18 heavy (non-hydrogen) atoms. The second-order valence-corrected chi connectivity index (χ2v) is 5.04. The molecule has 100 valence electrons. The molecule has 0 unspecified atom stereocenters. The fourth-order valence-corrected chi connectivity index (χ4v) is 1.73. The van der Waals surface area contributed by atoms with E-state index in [2.05, 4.69) is 4.90 Å². The predicted octanol–water partition coefficient (Wildman–Crippen LogP) is 2.85. The lowest BCUT2D eigenvalue weighted by atomic mass is 10.1. The molecule has 0 amide bonds. The van der Waals surface area contributed by atoms with Gasteiger partial charge in [-0.3, -0.25) is 4.90 Å². The Morgan fingerprint density at radius 3 is 2.56 bits per heavy atom. The minimum atomic E-state index is -0.560. The van der Waals surface area contributed by atoms with E-state index >= 15 is 0 Å². The van der Waals surface area contributed by atoms with Crippen LogP contribution in [0.25, 0.3) is 0 Å². The third kappa shape index (κ3) is 4.66. The number of nitrogens with two attached hydrogens (primary N) is 1. The Hall–Kier alpha value is -1.07. The van der Waals surface area contributed by atoms with E-state index < -0.39 is 11.6 Å². The molecule has 5 heteroatoms. The smallest absolute Gasteiger partial charge is 0.130 e. The van der Waals surface area contributed by atoms with Gasteiger partial charge in [0.05, 0.1) is 4.99 Å². The average molecular weight is 272 g/mol. The van der Waals surface area contributed by atoms with Gasteiger partial charge in [0.25, 0.3) is 0 Å². The van der Waals surface area contributed by atoms with Crippen LogP contribution in [0.3, 0.4) is 0 Å². The molecule has 0 heterocycles. The minimum absolute atomic E-state index is 0.240. The summed E-state index contributed by atoms with van der Waals surface area (Å²) in [7, 11) is 0. The molecule has 0 bridgehead atoms. The van der Waals surface area contributed by atoms with Gasteiger partial charge in [-0.1, -0.05) is 18.3 Å². The van der Waals surface area contributed by atoms with Gasteiger partial charge < -0.3 is 5.73 Å². The van der Waals surface area contributed by atoms with Gasteiger partial charge in [0.15, 0.2) is 0 Å². The van der Waals surface area contributed by atoms with Gasteiger partial charge in [0.1, 0.15) is 11.6 Å². The molecule has 1 aromatic carbocycles. The maximum Gasteiger partial charge on any atom is 0.130 e. The lowest BCUT2D eigenvalue weighted by Gasteiger charge is -2.26. The highest BCUT2D eigenvalue weighted by Gasteiger charge is 2.13. The number of benzene rings is 1. The standard InChI is InChI=1S/C13H18F2N2S/c1-9(2)17(6-5-13(16)18)8-10-3-4-11(14)7-12(10)15/h3-4,7,9H,5-6,8H2,1-2H3,(H2,16,18). The molecule has 0 radical (unpaired) electrons. The zero-order valence-corrected chi connectivity index (χ0v) is 11.4. The third-order valence-corrected chi connectivity index (χ3v) is 2.97. The largest absolute Gasteiger partial charge is 0.393 e. The van der Waals surface area contributed by atoms with E-state index in [0.717, 1.165) is 6.07 Å². The summed E-state index contributed by atoms with van der Waals surface area (Å²) in [4.78, 5) is 2.50. The van der Waals surface area contributed by atoms with Crippen LogP contribution >= 0.6 is 12.2 Å². The molecule has 2 N–H and O–H groups in total. The van der Waals surface area contributed by atoms with Crippen molar-refractivity contribution in [1.29, 1.82) is 0 Å². The van der Waals surface area contributed by atoms with Crippen LogP contribution in [0.4, 0.5) is 8.78 Å². The van der Waals surface area contributed by atoms with Crippen LogP contribution in [0.2, 0.25) is 0 Å². The summed E-state index contributed by atoms with van der Waals surface area (Å²) in [6.07, 6.45) is 0.594. The predicted molar refractivity (Wildman–Crippen MR) is 73.3 cm³/mol. The number of hydrogen-bond acceptors (Lipinski definition) is 2. The van der Waals surface area contributed by atoms with Gasteiger partial charge in [-0.05, 0) is 19.9 Å². The Morgan fingerprint density at radius 2 is 2.06 bits per heavy atom. The van der Waals surface area contributed by atoms with Gasteiger partial charge in [-0.25, -0.2) is 8.78 Å². The van der Waals surface area contributed by atoms with Gasteiger partial charge in [-0.2, -0.15) is 0 Å². The summed E-state index contributed by atoms with van der Waals surface area (Å²) in [5.41, 5.74) is 5.94. The van der Waals surface area contributed by atoms with E-state index in [1.807, 2.05) is 13.8 Å². The second kappa shape index (κ2) is 6.75. The molecular weight excluding hydrogens is 254 g/mol. The Kier molecular flexibility index (Phi) is 5.62. The van der Waals surface area contributed by atoms with Crippen molar-refractivity contribution in [3.8, 4) is 0 Å². The summed E-state index contributed by atoms with van der Waals surface area (Å²) in [5, 5.41) is 0. The molecule has 0 aromatic heterocycles. The molecule has 0 fully saturated rings. The van der Waals surface area contributed by atoms with Gasteiger partial charge in [0.2, 0.25) is 0 Å². The van der Waals surface area contributed by atoms with Crippen molar-refractivity contribution in [2.75, 3.05) is 6.54 Å². The normalized spacial score (nSPS) is 11.2. The molecule has 0 atom stereocenters. The van der Waals surface area contributed by atoms with E-state index in [0.29, 0.717) is 30.1 Å². The zero-order valence-electron chi connectivity index (χ0n) is 10.6. The van der Waals surface area contributed by atoms with Crippen molar-refractivity contribution < 1.29 is 8.78 Å². The molecule has 0 saturated carbocycles. The lowest BCUT2D eigenvalue weighted by Crippen LogP contribution is -2.33. The third-order valence-electron chi connectivity index (χ3n) is 2.76. The number of thiocarbonyl (C=S) groups is 1. The SMILES string of the molecule is CC(C)N(CCC(N)=S)Cc1ccc(F)cc1F. The Balaban J connectivity index is 2.73. The van der Waals surface area contributed by atoms with Crippen molar-refractivity contribution in [3.63, 3.8) is 0 Å². The highest BCUT2D eigenvalue weighted by Crippen LogP contribution is 2.14. The summed E-state index contributed by atoms with van der Waals surface area (Å²) < 4.78 is 26.4. The molecule has 1 aromatic rings. The van der Waals surface area contributed by atoms with Crippen LogP contribution in [0.15, 0.2) is 18.2 Å². The average Bonchev–Trinajstić information content (AvgIpc) is 2.26. The van der Waals surface area contributed by atoms with Crippen molar-refractivity contribution in [3.05, 3.63) is 35.4 Å². The lowest BCUT2D eigenvalue weighted by molar-refractivity contribution is 0.216. The summed E-state index contributed by atoms with van der Waals surface area (Å²) in [6.45, 7) is 5.12. The molecule has 0 saturated heterocycles. The highest BCUT2D eigenvalue weighted by atomic mass is 32.1. The molecule has 1 rings (SSSR count). The first-order valence-corrected chi connectivity index (χ1v) is 6.27. The molecule has 0 aliphatic carbocycles. The maximum absolute atomic E-state index is 13.6. The van der Waals surface area contributed by atoms with Crippen LogP contribution in [-0.4, -0.2) is 22.5 Å². The van der Waals surface area contributed by atoms with Gasteiger partial charge in [0, 0.05) is 37.2 Å².